The van der Waals surface area contributed by atoms with E-state index in [1.54, 1.807) is 0 Å². The third-order valence-corrected chi connectivity index (χ3v) is 3.43. The van der Waals surface area contributed by atoms with E-state index in [4.69, 9.17) is 0 Å². The zero-order valence-electron chi connectivity index (χ0n) is 9.55. The van der Waals surface area contributed by atoms with Crippen LogP contribution in [0.5, 0.6) is 0 Å². The summed E-state index contributed by atoms with van der Waals surface area (Å²) in [6, 6.07) is 16.1. The lowest BCUT2D eigenvalue weighted by Crippen LogP contribution is -2.06. The molecule has 0 aliphatic carbocycles. The molecule has 0 spiro atoms. The van der Waals surface area contributed by atoms with Crippen molar-refractivity contribution in [1.82, 2.24) is 0 Å². The monoisotopic (exact) mass is 231 g/mol. The van der Waals surface area contributed by atoms with E-state index in [2.05, 4.69) is 11.1 Å². The van der Waals surface area contributed by atoms with E-state index in [0.29, 0.717) is 0 Å². The van der Waals surface area contributed by atoms with Crippen LogP contribution in [0.3, 0.4) is 0 Å². The lowest BCUT2D eigenvalue weighted by Gasteiger charge is -2.13. The Kier molecular flexibility index (Phi) is 1.73. The molecule has 0 unspecified atom stereocenters. The molecule has 0 radical (unpaired) electrons. The molecule has 3 aromatic carbocycles. The van der Waals surface area contributed by atoms with E-state index < -0.39 is 0 Å². The van der Waals surface area contributed by atoms with Gasteiger partial charge in [-0.15, -0.1) is 0 Å². The van der Waals surface area contributed by atoms with Crippen LogP contribution >= 0.6 is 0 Å². The Bertz CT molecular complexity index is 846. The van der Waals surface area contributed by atoms with Gasteiger partial charge in [-0.2, -0.15) is 0 Å². The molecule has 0 saturated heterocycles. The number of benzene rings is 3. The molecule has 1 aliphatic rings. The van der Waals surface area contributed by atoms with E-state index in [0.717, 1.165) is 32.8 Å². The number of aliphatic imine (C=N–C) groups is 1. The highest BCUT2D eigenvalue weighted by molar-refractivity contribution is 6.44. The standard InChI is InChI=1S/C16H9NO/c18-14-9-17-13-7-3-5-11-8-10-4-1-2-6-12(10)16(14)15(11)13/h1-9H. The Morgan fingerprint density at radius 2 is 1.72 bits per heavy atom. The molecule has 1 aliphatic heterocycles. The number of rotatable bonds is 0. The molecule has 84 valence electrons. The minimum Gasteiger partial charge on any atom is -0.288 e. The largest absolute Gasteiger partial charge is 0.288 e. The Balaban J connectivity index is 2.37. The van der Waals surface area contributed by atoms with Gasteiger partial charge in [-0.05, 0) is 28.3 Å². The van der Waals surface area contributed by atoms with Gasteiger partial charge in [-0.1, -0.05) is 36.4 Å². The van der Waals surface area contributed by atoms with Gasteiger partial charge in [-0.25, -0.2) is 0 Å². The van der Waals surface area contributed by atoms with Gasteiger partial charge in [0.05, 0.1) is 11.9 Å². The highest BCUT2D eigenvalue weighted by Gasteiger charge is 2.18. The summed E-state index contributed by atoms with van der Waals surface area (Å²) >= 11 is 0. The summed E-state index contributed by atoms with van der Waals surface area (Å²) in [5.41, 5.74) is 1.67. The molecule has 0 fully saturated rings. The average Bonchev–Trinajstić information content (AvgIpc) is 2.41. The highest BCUT2D eigenvalue weighted by Crippen LogP contribution is 2.36. The summed E-state index contributed by atoms with van der Waals surface area (Å²) < 4.78 is 0. The molecule has 0 amide bonds. The molecule has 0 bridgehead atoms. The zero-order valence-corrected chi connectivity index (χ0v) is 9.55. The Labute approximate surface area is 104 Å². The molecular weight excluding hydrogens is 222 g/mol. The van der Waals surface area contributed by atoms with Crippen LogP contribution in [0.25, 0.3) is 21.5 Å². The quantitative estimate of drug-likeness (QED) is 0.540. The highest BCUT2D eigenvalue weighted by atomic mass is 16.1. The van der Waals surface area contributed by atoms with Crippen molar-refractivity contribution in [2.24, 2.45) is 4.99 Å². The minimum absolute atomic E-state index is 0.00417. The topological polar surface area (TPSA) is 29.4 Å². The molecule has 0 atom stereocenters. The maximum atomic E-state index is 12.1. The van der Waals surface area contributed by atoms with Crippen LogP contribution in [0.15, 0.2) is 53.5 Å². The van der Waals surface area contributed by atoms with E-state index in [1.165, 1.54) is 6.21 Å². The molecule has 0 saturated carbocycles. The Morgan fingerprint density at radius 1 is 0.889 bits per heavy atom. The first kappa shape index (κ1) is 9.54. The fourth-order valence-corrected chi connectivity index (χ4v) is 2.66. The molecule has 2 nitrogen and oxygen atoms in total. The maximum absolute atomic E-state index is 12.1. The maximum Gasteiger partial charge on any atom is 0.205 e. The smallest absolute Gasteiger partial charge is 0.205 e. The van der Waals surface area contributed by atoms with E-state index in [1.807, 2.05) is 42.5 Å². The first-order chi connectivity index (χ1) is 8.84. The lowest BCUT2D eigenvalue weighted by atomic mass is 9.92. The third kappa shape index (κ3) is 1.12. The van der Waals surface area contributed by atoms with Gasteiger partial charge in [0.1, 0.15) is 0 Å². The number of nitrogens with zero attached hydrogens (tertiary/aromatic N) is 1. The van der Waals surface area contributed by atoms with Crippen LogP contribution in [0.2, 0.25) is 0 Å². The fourth-order valence-electron chi connectivity index (χ4n) is 2.66. The van der Waals surface area contributed by atoms with Crippen molar-refractivity contribution < 1.29 is 4.79 Å². The van der Waals surface area contributed by atoms with Crippen LogP contribution in [0.1, 0.15) is 10.4 Å². The summed E-state index contributed by atoms with van der Waals surface area (Å²) in [7, 11) is 0. The van der Waals surface area contributed by atoms with Crippen molar-refractivity contribution in [3.05, 3.63) is 54.1 Å². The molecular formula is C16H9NO. The zero-order chi connectivity index (χ0) is 12.1. The SMILES string of the molecule is O=C1C=Nc2cccc3cc4ccccc4c1c23. The summed E-state index contributed by atoms with van der Waals surface area (Å²) in [6.45, 7) is 0. The predicted octanol–water partition coefficient (Wildman–Crippen LogP) is 3.89. The summed E-state index contributed by atoms with van der Waals surface area (Å²) in [4.78, 5) is 16.4. The Hall–Kier alpha value is -2.48. The number of hydrogen-bond acceptors (Lipinski definition) is 2. The van der Waals surface area contributed by atoms with Gasteiger partial charge in [0.2, 0.25) is 5.78 Å². The fraction of sp³-hybridized carbons (Fsp3) is 0. The molecule has 0 aromatic heterocycles. The van der Waals surface area contributed by atoms with Crippen LogP contribution in [0.4, 0.5) is 5.69 Å². The second-order valence-corrected chi connectivity index (χ2v) is 4.47. The van der Waals surface area contributed by atoms with Crippen molar-refractivity contribution in [3.8, 4) is 0 Å². The lowest BCUT2D eigenvalue weighted by molar-refractivity contribution is 0.107. The molecule has 0 N–H and O–H groups in total. The van der Waals surface area contributed by atoms with E-state index in [-0.39, 0.29) is 5.78 Å². The molecule has 1 heterocycles. The van der Waals surface area contributed by atoms with Gasteiger partial charge in [0, 0.05) is 10.9 Å². The second kappa shape index (κ2) is 3.26. The molecule has 3 aromatic rings. The molecule has 2 heteroatoms. The van der Waals surface area contributed by atoms with Crippen LogP contribution in [-0.4, -0.2) is 12.0 Å². The van der Waals surface area contributed by atoms with Gasteiger partial charge in [0.15, 0.2) is 0 Å². The Morgan fingerprint density at radius 3 is 2.67 bits per heavy atom. The van der Waals surface area contributed by atoms with Crippen molar-refractivity contribution >= 4 is 39.2 Å². The first-order valence-electron chi connectivity index (χ1n) is 5.87. The number of ketones is 1. The van der Waals surface area contributed by atoms with E-state index in [9.17, 15) is 4.79 Å². The average molecular weight is 231 g/mol. The van der Waals surface area contributed by atoms with Crippen LogP contribution in [0, 0.1) is 0 Å². The minimum atomic E-state index is -0.00417. The number of Topliss-reactive ketones (excluding diaryl/α,β-unsaturated/α-hetero) is 1. The van der Waals surface area contributed by atoms with Gasteiger partial charge >= 0.3 is 0 Å². The first-order valence-corrected chi connectivity index (χ1v) is 5.87. The second-order valence-electron chi connectivity index (χ2n) is 4.47. The molecule has 4 rings (SSSR count). The predicted molar refractivity (Wildman–Crippen MR) is 73.9 cm³/mol. The van der Waals surface area contributed by atoms with Gasteiger partial charge in [0.25, 0.3) is 0 Å². The normalized spacial score (nSPS) is 13.4. The number of carbonyl (C=O) groups is 1. The van der Waals surface area contributed by atoms with Crippen molar-refractivity contribution in [2.45, 2.75) is 0 Å². The summed E-state index contributed by atoms with van der Waals surface area (Å²) in [5.74, 6) is -0.00417. The van der Waals surface area contributed by atoms with Crippen molar-refractivity contribution in [1.29, 1.82) is 0 Å². The third-order valence-electron chi connectivity index (χ3n) is 3.43. The summed E-state index contributed by atoms with van der Waals surface area (Å²) in [5, 5.41) is 4.16. The summed E-state index contributed by atoms with van der Waals surface area (Å²) in [6.07, 6.45) is 1.42. The van der Waals surface area contributed by atoms with Crippen molar-refractivity contribution in [2.75, 3.05) is 0 Å². The van der Waals surface area contributed by atoms with Gasteiger partial charge in [-0.3, -0.25) is 9.79 Å². The van der Waals surface area contributed by atoms with Crippen LogP contribution < -0.4 is 0 Å². The number of carbonyl (C=O) groups excluding carboxylic acids is 1. The van der Waals surface area contributed by atoms with Crippen molar-refractivity contribution in [3.63, 3.8) is 0 Å². The van der Waals surface area contributed by atoms with Gasteiger partial charge < -0.3 is 0 Å². The van der Waals surface area contributed by atoms with E-state index >= 15 is 0 Å². The number of hydrogen-bond donors (Lipinski definition) is 0. The number of fused-ring (bicyclic) bond motifs is 2. The van der Waals surface area contributed by atoms with Crippen LogP contribution in [-0.2, 0) is 0 Å². The molecule has 18 heavy (non-hydrogen) atoms.